The van der Waals surface area contributed by atoms with E-state index in [0.29, 0.717) is 10.9 Å². The second-order valence-electron chi connectivity index (χ2n) is 10.5. The molecule has 0 amide bonds. The standard InChI is InChI=1S/C36H28O10/c1-22-19-30(37)43-28-20-26(17-18-27(22)28)42-36-32(46-35(40)25-15-9-4-10-16-25)31(45-34(39)24-13-7-3-8-14-24)29(44-36)21-41-33(38)23-11-5-2-6-12-23/h2-20,29,31-32,36H,21H2,1H3/t29-,31-,32+,36+/m1/s1. The zero-order valence-corrected chi connectivity index (χ0v) is 24.6. The van der Waals surface area contributed by atoms with E-state index in [1.165, 1.54) is 12.1 Å². The molecule has 4 aromatic carbocycles. The van der Waals surface area contributed by atoms with Crippen LogP contribution in [0.3, 0.4) is 0 Å². The van der Waals surface area contributed by atoms with Crippen LogP contribution in [-0.4, -0.2) is 49.1 Å². The van der Waals surface area contributed by atoms with Gasteiger partial charge in [0.15, 0.2) is 6.10 Å². The van der Waals surface area contributed by atoms with E-state index in [-0.39, 0.29) is 29.1 Å². The summed E-state index contributed by atoms with van der Waals surface area (Å²) in [5.41, 5.74) is 1.28. The van der Waals surface area contributed by atoms with Crippen LogP contribution in [0.1, 0.15) is 36.6 Å². The Morgan fingerprint density at radius 3 is 1.80 bits per heavy atom. The van der Waals surface area contributed by atoms with Crippen LogP contribution in [0, 0.1) is 6.92 Å². The van der Waals surface area contributed by atoms with Crippen molar-refractivity contribution in [3.05, 3.63) is 148 Å². The summed E-state index contributed by atoms with van der Waals surface area (Å²) in [5.74, 6) is -1.83. The Bertz CT molecular complexity index is 1900. The van der Waals surface area contributed by atoms with Crippen molar-refractivity contribution in [2.24, 2.45) is 0 Å². The Morgan fingerprint density at radius 1 is 0.674 bits per heavy atom. The quantitative estimate of drug-likeness (QED) is 0.118. The minimum absolute atomic E-state index is 0.224. The molecule has 10 heteroatoms. The van der Waals surface area contributed by atoms with Gasteiger partial charge in [0.2, 0.25) is 12.4 Å². The van der Waals surface area contributed by atoms with Gasteiger partial charge in [0.05, 0.1) is 16.7 Å². The molecule has 1 aromatic heterocycles. The molecule has 1 aliphatic rings. The Kier molecular flexibility index (Phi) is 8.89. The first kappa shape index (κ1) is 30.3. The molecule has 5 aromatic rings. The fourth-order valence-electron chi connectivity index (χ4n) is 5.05. The summed E-state index contributed by atoms with van der Waals surface area (Å²) < 4.78 is 35.0. The molecule has 0 bridgehead atoms. The predicted molar refractivity (Wildman–Crippen MR) is 165 cm³/mol. The van der Waals surface area contributed by atoms with E-state index in [1.54, 1.807) is 110 Å². The highest BCUT2D eigenvalue weighted by Gasteiger charge is 2.52. The van der Waals surface area contributed by atoms with Gasteiger partial charge in [0.1, 0.15) is 24.0 Å². The molecule has 0 N–H and O–H groups in total. The first-order chi connectivity index (χ1) is 22.4. The van der Waals surface area contributed by atoms with Crippen molar-refractivity contribution in [3.63, 3.8) is 0 Å². The number of benzene rings is 4. The van der Waals surface area contributed by atoms with Crippen LogP contribution in [0.15, 0.2) is 124 Å². The van der Waals surface area contributed by atoms with Crippen molar-refractivity contribution in [2.75, 3.05) is 6.61 Å². The largest absolute Gasteiger partial charge is 0.461 e. The number of carbonyl (C=O) groups excluding carboxylic acids is 3. The summed E-state index contributed by atoms with van der Waals surface area (Å²) in [6.45, 7) is 1.43. The van der Waals surface area contributed by atoms with Crippen LogP contribution in [0.4, 0.5) is 0 Å². The van der Waals surface area contributed by atoms with E-state index in [4.69, 9.17) is 28.1 Å². The van der Waals surface area contributed by atoms with Gasteiger partial charge in [-0.25, -0.2) is 19.2 Å². The van der Waals surface area contributed by atoms with Crippen molar-refractivity contribution in [1.82, 2.24) is 0 Å². The van der Waals surface area contributed by atoms with Gasteiger partial charge in [-0.15, -0.1) is 0 Å². The third-order valence-corrected chi connectivity index (χ3v) is 7.34. The zero-order chi connectivity index (χ0) is 32.0. The molecule has 1 aliphatic heterocycles. The van der Waals surface area contributed by atoms with Crippen molar-refractivity contribution < 1.29 is 42.5 Å². The summed E-state index contributed by atoms with van der Waals surface area (Å²) in [6.07, 6.45) is -4.98. The van der Waals surface area contributed by atoms with Crippen LogP contribution < -0.4 is 10.4 Å². The number of hydrogen-bond donors (Lipinski definition) is 0. The number of carbonyl (C=O) groups is 3. The number of ether oxygens (including phenoxy) is 5. The van der Waals surface area contributed by atoms with Crippen LogP contribution in [0.2, 0.25) is 0 Å². The second kappa shape index (κ2) is 13.5. The van der Waals surface area contributed by atoms with Crippen molar-refractivity contribution in [1.29, 1.82) is 0 Å². The number of hydrogen-bond acceptors (Lipinski definition) is 10. The van der Waals surface area contributed by atoms with Gasteiger partial charge >= 0.3 is 23.5 Å². The third kappa shape index (κ3) is 6.82. The Balaban J connectivity index is 1.33. The molecule has 46 heavy (non-hydrogen) atoms. The minimum atomic E-state index is -1.32. The van der Waals surface area contributed by atoms with Gasteiger partial charge in [0, 0.05) is 17.5 Å². The lowest BCUT2D eigenvalue weighted by Gasteiger charge is -2.24. The molecule has 0 saturated carbocycles. The molecule has 6 rings (SSSR count). The van der Waals surface area contributed by atoms with E-state index in [1.807, 2.05) is 0 Å². The molecule has 10 nitrogen and oxygen atoms in total. The summed E-state index contributed by atoms with van der Waals surface area (Å²) in [6, 6.07) is 31.1. The molecule has 0 radical (unpaired) electrons. The van der Waals surface area contributed by atoms with Gasteiger partial charge in [-0.1, -0.05) is 54.6 Å². The molecule has 232 valence electrons. The second-order valence-corrected chi connectivity index (χ2v) is 10.5. The van der Waals surface area contributed by atoms with Crippen molar-refractivity contribution in [2.45, 2.75) is 31.5 Å². The van der Waals surface area contributed by atoms with Gasteiger partial charge in [-0.3, -0.25) is 0 Å². The van der Waals surface area contributed by atoms with Crippen molar-refractivity contribution >= 4 is 28.9 Å². The number of aryl methyl sites for hydroxylation is 1. The van der Waals surface area contributed by atoms with Crippen LogP contribution >= 0.6 is 0 Å². The molecular formula is C36H28O10. The van der Waals surface area contributed by atoms with E-state index < -0.39 is 48.1 Å². The summed E-state index contributed by atoms with van der Waals surface area (Å²) in [5, 5.41) is 0.701. The maximum absolute atomic E-state index is 13.3. The van der Waals surface area contributed by atoms with Gasteiger partial charge in [-0.05, 0) is 61.0 Å². The third-order valence-electron chi connectivity index (χ3n) is 7.34. The fourth-order valence-corrected chi connectivity index (χ4v) is 5.05. The van der Waals surface area contributed by atoms with E-state index in [2.05, 4.69) is 0 Å². The van der Waals surface area contributed by atoms with Gasteiger partial charge in [-0.2, -0.15) is 0 Å². The molecular weight excluding hydrogens is 592 g/mol. The van der Waals surface area contributed by atoms with Crippen LogP contribution in [-0.2, 0) is 18.9 Å². The Labute approximate surface area is 263 Å². The maximum atomic E-state index is 13.3. The lowest BCUT2D eigenvalue weighted by Crippen LogP contribution is -2.43. The molecule has 4 atom stereocenters. The maximum Gasteiger partial charge on any atom is 0.338 e. The lowest BCUT2D eigenvalue weighted by atomic mass is 10.1. The first-order valence-electron chi connectivity index (χ1n) is 14.5. The van der Waals surface area contributed by atoms with Gasteiger partial charge in [0.25, 0.3) is 0 Å². The van der Waals surface area contributed by atoms with Gasteiger partial charge < -0.3 is 28.1 Å². The smallest absolute Gasteiger partial charge is 0.338 e. The predicted octanol–water partition coefficient (Wildman–Crippen LogP) is 5.51. The summed E-state index contributed by atoms with van der Waals surface area (Å²) in [4.78, 5) is 51.4. The van der Waals surface area contributed by atoms with Crippen molar-refractivity contribution in [3.8, 4) is 5.75 Å². The average molecular weight is 621 g/mol. The highest BCUT2D eigenvalue weighted by atomic mass is 16.7. The monoisotopic (exact) mass is 620 g/mol. The molecule has 1 saturated heterocycles. The lowest BCUT2D eigenvalue weighted by molar-refractivity contribution is -0.120. The average Bonchev–Trinajstić information content (AvgIpc) is 3.38. The first-order valence-corrected chi connectivity index (χ1v) is 14.5. The fraction of sp³-hybridized carbons (Fsp3) is 0.167. The highest BCUT2D eigenvalue weighted by molar-refractivity contribution is 5.91. The summed E-state index contributed by atoms with van der Waals surface area (Å²) in [7, 11) is 0. The van der Waals surface area contributed by atoms with E-state index >= 15 is 0 Å². The number of rotatable bonds is 9. The molecule has 1 fully saturated rings. The Hall–Kier alpha value is -5.74. The zero-order valence-electron chi connectivity index (χ0n) is 24.6. The minimum Gasteiger partial charge on any atom is -0.461 e. The SMILES string of the molecule is Cc1cc(=O)oc2cc(O[C@H]3O[C@H](COC(=O)c4ccccc4)[C@@H](OC(=O)c4ccccc4)[C@@H]3OC(=O)c3ccccc3)ccc12. The van der Waals surface area contributed by atoms with Crippen LogP contribution in [0.25, 0.3) is 11.0 Å². The van der Waals surface area contributed by atoms with E-state index in [0.717, 1.165) is 5.56 Å². The molecule has 2 heterocycles. The van der Waals surface area contributed by atoms with E-state index in [9.17, 15) is 19.2 Å². The molecule has 0 unspecified atom stereocenters. The molecule has 0 spiro atoms. The number of esters is 3. The normalized spacial score (nSPS) is 18.9. The van der Waals surface area contributed by atoms with Crippen LogP contribution in [0.5, 0.6) is 5.75 Å². The Morgan fingerprint density at radius 2 is 1.22 bits per heavy atom. The summed E-state index contributed by atoms with van der Waals surface area (Å²) >= 11 is 0. The topological polar surface area (TPSA) is 128 Å². The number of fused-ring (bicyclic) bond motifs is 1. The highest BCUT2D eigenvalue weighted by Crippen LogP contribution is 2.32. The molecule has 0 aliphatic carbocycles.